The molecule has 2 N–H and O–H groups in total. The Morgan fingerprint density at radius 3 is 3.19 bits per heavy atom. The van der Waals surface area contributed by atoms with Gasteiger partial charge in [0, 0.05) is 23.9 Å². The molecular formula is C11H9N3O2. The summed E-state index contributed by atoms with van der Waals surface area (Å²) >= 11 is 0. The maximum Gasteiger partial charge on any atom is 0.212 e. The summed E-state index contributed by atoms with van der Waals surface area (Å²) in [5.41, 5.74) is 1.81. The van der Waals surface area contributed by atoms with Crippen LogP contribution in [0.3, 0.4) is 0 Å². The highest BCUT2D eigenvalue weighted by Gasteiger charge is 2.17. The first-order chi connectivity index (χ1) is 7.86. The van der Waals surface area contributed by atoms with Crippen molar-refractivity contribution in [1.29, 1.82) is 0 Å². The lowest BCUT2D eigenvalue weighted by atomic mass is 10.1. The van der Waals surface area contributed by atoms with Crippen molar-refractivity contribution in [3.63, 3.8) is 0 Å². The Kier molecular flexibility index (Phi) is 2.80. The average Bonchev–Trinajstić information content (AvgIpc) is 2.78. The summed E-state index contributed by atoms with van der Waals surface area (Å²) in [6.45, 7) is 0.579. The van der Waals surface area contributed by atoms with E-state index < -0.39 is 0 Å². The fourth-order valence-electron chi connectivity index (χ4n) is 1.58. The molecule has 0 atom stereocenters. The highest BCUT2D eigenvalue weighted by molar-refractivity contribution is 5.93. The first-order valence-electron chi connectivity index (χ1n) is 4.72. The number of nitrogens with one attached hydrogen (secondary N) is 2. The van der Waals surface area contributed by atoms with E-state index in [1.807, 2.05) is 12.0 Å². The molecule has 5 heteroatoms. The monoisotopic (exact) mass is 215 g/mol. The van der Waals surface area contributed by atoms with E-state index in [0.717, 1.165) is 0 Å². The van der Waals surface area contributed by atoms with Gasteiger partial charge in [0.15, 0.2) is 5.94 Å². The Bertz CT molecular complexity index is 502. The number of anilines is 1. The lowest BCUT2D eigenvalue weighted by molar-refractivity contribution is -0.105. The smallest absolute Gasteiger partial charge is 0.212 e. The normalized spacial score (nSPS) is 13.8. The van der Waals surface area contributed by atoms with Gasteiger partial charge in [-0.1, -0.05) is 6.08 Å². The molecule has 2 rings (SSSR count). The Morgan fingerprint density at radius 2 is 2.44 bits per heavy atom. The van der Waals surface area contributed by atoms with E-state index in [1.54, 1.807) is 18.3 Å². The molecule has 80 valence electrons. The molecule has 1 amide bonds. The summed E-state index contributed by atoms with van der Waals surface area (Å²) in [6, 6.07) is 3.53. The Balaban J connectivity index is 2.47. The van der Waals surface area contributed by atoms with Crippen molar-refractivity contribution in [3.8, 4) is 0 Å². The summed E-state index contributed by atoms with van der Waals surface area (Å²) < 4.78 is 0. The number of carbonyl (C=O) groups is 1. The fraction of sp³-hybridized carbons (Fsp3) is 0.0909. The molecule has 1 aliphatic heterocycles. The van der Waals surface area contributed by atoms with Gasteiger partial charge in [-0.25, -0.2) is 9.78 Å². The van der Waals surface area contributed by atoms with Crippen molar-refractivity contribution < 1.29 is 9.59 Å². The predicted octanol–water partition coefficient (Wildman–Crippen LogP) is 0.352. The van der Waals surface area contributed by atoms with E-state index in [2.05, 4.69) is 15.6 Å². The van der Waals surface area contributed by atoms with Crippen LogP contribution < -0.4 is 10.6 Å². The van der Waals surface area contributed by atoms with Crippen LogP contribution in [0.15, 0.2) is 30.1 Å². The Labute approximate surface area is 91.9 Å². The number of rotatable bonds is 3. The molecule has 0 radical (unpaired) electrons. The minimum atomic E-state index is 0.391. The van der Waals surface area contributed by atoms with Crippen LogP contribution >= 0.6 is 0 Å². The number of carbonyl (C=O) groups excluding carboxylic acids is 2. The van der Waals surface area contributed by atoms with Crippen molar-refractivity contribution in [1.82, 2.24) is 10.3 Å². The van der Waals surface area contributed by atoms with Gasteiger partial charge in [-0.15, -0.1) is 0 Å². The molecule has 5 nitrogen and oxygen atoms in total. The topological polar surface area (TPSA) is 71.1 Å². The van der Waals surface area contributed by atoms with Crippen LogP contribution in [0.5, 0.6) is 0 Å². The van der Waals surface area contributed by atoms with Gasteiger partial charge < -0.3 is 10.6 Å². The van der Waals surface area contributed by atoms with Crippen LogP contribution in [0.1, 0.15) is 5.56 Å². The summed E-state index contributed by atoms with van der Waals surface area (Å²) in [4.78, 5) is 25.1. The predicted molar refractivity (Wildman–Crippen MR) is 59.1 cm³/mol. The van der Waals surface area contributed by atoms with Gasteiger partial charge in [0.2, 0.25) is 6.41 Å². The standard InChI is InChI=1S/C11H9N3O2/c15-6-10-8(3-5-12-10)9-2-1-4-13-11(9)14-7-16/h1-4,7,12H,5H2,(H,13,14,16). The third-order valence-corrected chi connectivity index (χ3v) is 2.25. The molecule has 0 unspecified atom stereocenters. The van der Waals surface area contributed by atoms with Gasteiger partial charge in [-0.2, -0.15) is 0 Å². The van der Waals surface area contributed by atoms with Crippen LogP contribution in [0.25, 0.3) is 5.57 Å². The molecule has 1 aromatic heterocycles. The molecule has 0 bridgehead atoms. The van der Waals surface area contributed by atoms with Crippen LogP contribution in [-0.4, -0.2) is 23.9 Å². The van der Waals surface area contributed by atoms with Crippen LogP contribution in [0.4, 0.5) is 5.82 Å². The van der Waals surface area contributed by atoms with Crippen molar-refractivity contribution >= 4 is 23.7 Å². The van der Waals surface area contributed by atoms with Gasteiger partial charge in [-0.05, 0) is 12.1 Å². The molecule has 0 saturated carbocycles. The Morgan fingerprint density at radius 1 is 1.56 bits per heavy atom. The molecule has 16 heavy (non-hydrogen) atoms. The molecule has 2 heterocycles. The third-order valence-electron chi connectivity index (χ3n) is 2.25. The zero-order chi connectivity index (χ0) is 11.4. The van der Waals surface area contributed by atoms with Crippen molar-refractivity contribution in [2.75, 3.05) is 11.9 Å². The van der Waals surface area contributed by atoms with Crippen molar-refractivity contribution in [2.24, 2.45) is 0 Å². The quantitative estimate of drug-likeness (QED) is 0.564. The van der Waals surface area contributed by atoms with Crippen LogP contribution in [-0.2, 0) is 9.59 Å². The summed E-state index contributed by atoms with van der Waals surface area (Å²) in [6.07, 6.45) is 3.98. The van der Waals surface area contributed by atoms with E-state index in [4.69, 9.17) is 0 Å². The molecule has 0 spiro atoms. The summed E-state index contributed by atoms with van der Waals surface area (Å²) in [5, 5.41) is 5.37. The first kappa shape index (κ1) is 10.1. The van der Waals surface area contributed by atoms with Crippen LogP contribution in [0.2, 0.25) is 0 Å². The molecule has 0 aromatic carbocycles. The van der Waals surface area contributed by atoms with E-state index in [-0.39, 0.29) is 0 Å². The SMILES string of the molecule is O=C=C1NCC=C1c1cccnc1NC=O. The average molecular weight is 215 g/mol. The number of allylic oxidation sites excluding steroid dienone is 1. The number of nitrogens with zero attached hydrogens (tertiary/aromatic N) is 1. The molecule has 0 fully saturated rings. The number of hydrogen-bond donors (Lipinski definition) is 2. The highest BCUT2D eigenvalue weighted by atomic mass is 16.1. The zero-order valence-electron chi connectivity index (χ0n) is 8.36. The molecule has 1 aromatic rings. The maximum atomic E-state index is 10.7. The first-order valence-corrected chi connectivity index (χ1v) is 4.72. The zero-order valence-corrected chi connectivity index (χ0v) is 8.36. The number of aromatic nitrogens is 1. The lowest BCUT2D eigenvalue weighted by Crippen LogP contribution is -2.08. The molecule has 0 saturated heterocycles. The van der Waals surface area contributed by atoms with Gasteiger partial charge in [-0.3, -0.25) is 4.79 Å². The van der Waals surface area contributed by atoms with Gasteiger partial charge in [0.05, 0.1) is 0 Å². The van der Waals surface area contributed by atoms with Crippen molar-refractivity contribution in [2.45, 2.75) is 0 Å². The second kappa shape index (κ2) is 4.42. The summed E-state index contributed by atoms with van der Waals surface area (Å²) in [5.74, 6) is 2.26. The van der Waals surface area contributed by atoms with E-state index in [1.165, 1.54) is 0 Å². The summed E-state index contributed by atoms with van der Waals surface area (Å²) in [7, 11) is 0. The molecular weight excluding hydrogens is 206 g/mol. The lowest BCUT2D eigenvalue weighted by Gasteiger charge is -2.07. The highest BCUT2D eigenvalue weighted by Crippen LogP contribution is 2.27. The van der Waals surface area contributed by atoms with Crippen LogP contribution in [0, 0.1) is 0 Å². The number of amides is 1. The van der Waals surface area contributed by atoms with Gasteiger partial charge >= 0.3 is 0 Å². The largest absolute Gasteiger partial charge is 0.372 e. The minimum absolute atomic E-state index is 0.391. The number of hydrogen-bond acceptors (Lipinski definition) is 4. The third kappa shape index (κ3) is 1.71. The molecule has 0 aliphatic carbocycles. The van der Waals surface area contributed by atoms with Gasteiger partial charge in [0.25, 0.3) is 0 Å². The minimum Gasteiger partial charge on any atom is -0.372 e. The van der Waals surface area contributed by atoms with E-state index in [9.17, 15) is 9.59 Å². The van der Waals surface area contributed by atoms with E-state index >= 15 is 0 Å². The number of pyridine rings is 1. The molecule has 1 aliphatic rings. The van der Waals surface area contributed by atoms with E-state index in [0.29, 0.717) is 35.6 Å². The second-order valence-electron chi connectivity index (χ2n) is 3.14. The second-order valence-corrected chi connectivity index (χ2v) is 3.14. The van der Waals surface area contributed by atoms with Crippen molar-refractivity contribution in [3.05, 3.63) is 35.7 Å². The fourth-order valence-corrected chi connectivity index (χ4v) is 1.58. The Hall–Kier alpha value is -2.39. The maximum absolute atomic E-state index is 10.7. The van der Waals surface area contributed by atoms with Gasteiger partial charge in [0.1, 0.15) is 11.5 Å².